The van der Waals surface area contributed by atoms with E-state index >= 15 is 0 Å². The molecule has 3 fully saturated rings. The van der Waals surface area contributed by atoms with Crippen LogP contribution in [0.25, 0.3) is 0 Å². The summed E-state index contributed by atoms with van der Waals surface area (Å²) >= 11 is 0. The Bertz CT molecular complexity index is 666. The summed E-state index contributed by atoms with van der Waals surface area (Å²) in [6.07, 6.45) is 7.26. The van der Waals surface area contributed by atoms with E-state index in [4.69, 9.17) is 0 Å². The van der Waals surface area contributed by atoms with Crippen LogP contribution in [0.15, 0.2) is 30.3 Å². The molecule has 28 heavy (non-hydrogen) atoms. The average molecular weight is 384 g/mol. The van der Waals surface area contributed by atoms with Gasteiger partial charge in [-0.1, -0.05) is 30.3 Å². The largest absolute Gasteiger partial charge is 0.355 e. The number of carbonyl (C=O) groups is 2. The second-order valence-corrected chi connectivity index (χ2v) is 8.69. The van der Waals surface area contributed by atoms with E-state index in [9.17, 15) is 9.59 Å². The molecule has 0 aromatic heterocycles. The van der Waals surface area contributed by atoms with Gasteiger partial charge in [-0.3, -0.25) is 14.5 Å². The zero-order chi connectivity index (χ0) is 19.3. The van der Waals surface area contributed by atoms with E-state index in [1.165, 1.54) is 5.56 Å². The molecule has 1 atom stereocenters. The zero-order valence-corrected chi connectivity index (χ0v) is 16.8. The molecule has 5 heteroatoms. The van der Waals surface area contributed by atoms with Gasteiger partial charge in [-0.25, -0.2) is 0 Å². The van der Waals surface area contributed by atoms with Crippen LogP contribution in [-0.2, 0) is 16.0 Å². The molecule has 1 N–H and O–H groups in total. The molecule has 1 saturated carbocycles. The van der Waals surface area contributed by atoms with Crippen LogP contribution in [-0.4, -0.2) is 60.4 Å². The van der Waals surface area contributed by atoms with Gasteiger partial charge in [-0.05, 0) is 57.1 Å². The molecule has 0 radical (unpaired) electrons. The predicted molar refractivity (Wildman–Crippen MR) is 110 cm³/mol. The summed E-state index contributed by atoms with van der Waals surface area (Å²) in [5, 5.41) is 3.15. The highest BCUT2D eigenvalue weighted by atomic mass is 16.2. The van der Waals surface area contributed by atoms with Crippen LogP contribution in [0.4, 0.5) is 0 Å². The van der Waals surface area contributed by atoms with Crippen LogP contribution in [0, 0.1) is 11.8 Å². The van der Waals surface area contributed by atoms with Gasteiger partial charge < -0.3 is 10.2 Å². The summed E-state index contributed by atoms with van der Waals surface area (Å²) in [5.74, 6) is 1.03. The summed E-state index contributed by atoms with van der Waals surface area (Å²) in [7, 11) is 0. The highest BCUT2D eigenvalue weighted by Gasteiger charge is 2.37. The molecule has 4 rings (SSSR count). The van der Waals surface area contributed by atoms with Gasteiger partial charge in [0.2, 0.25) is 11.8 Å². The first-order valence-corrected chi connectivity index (χ1v) is 11.0. The molecule has 152 valence electrons. The van der Waals surface area contributed by atoms with Crippen molar-refractivity contribution in [3.05, 3.63) is 35.9 Å². The van der Waals surface area contributed by atoms with Crippen molar-refractivity contribution in [1.82, 2.24) is 15.1 Å². The van der Waals surface area contributed by atoms with Crippen LogP contribution in [0.5, 0.6) is 0 Å². The van der Waals surface area contributed by atoms with E-state index in [0.29, 0.717) is 24.4 Å². The molecule has 2 saturated heterocycles. The van der Waals surface area contributed by atoms with Gasteiger partial charge in [-0.2, -0.15) is 0 Å². The molecule has 2 amide bonds. The quantitative estimate of drug-likeness (QED) is 0.821. The van der Waals surface area contributed by atoms with Gasteiger partial charge >= 0.3 is 0 Å². The van der Waals surface area contributed by atoms with Crippen molar-refractivity contribution in [2.75, 3.05) is 32.7 Å². The number of nitrogens with zero attached hydrogens (tertiary/aromatic N) is 2. The third-order valence-corrected chi connectivity index (χ3v) is 6.60. The molecule has 0 bridgehead atoms. The molecule has 0 spiro atoms. The Kier molecular flexibility index (Phi) is 6.30. The standard InChI is InChI=1S/C23H33N3O2/c27-22(24-13-10-18-5-2-1-3-6-18)20-7-4-14-26(17-20)21-11-15-25(16-12-21)23(28)19-8-9-19/h1-3,5-6,19-21H,4,7-17H2,(H,24,27). The van der Waals surface area contributed by atoms with Gasteiger partial charge in [-0.15, -0.1) is 0 Å². The van der Waals surface area contributed by atoms with Crippen LogP contribution >= 0.6 is 0 Å². The van der Waals surface area contributed by atoms with Crippen LogP contribution in [0.3, 0.4) is 0 Å². The van der Waals surface area contributed by atoms with Gasteiger partial charge in [0.25, 0.3) is 0 Å². The number of piperidine rings is 2. The summed E-state index contributed by atoms with van der Waals surface area (Å²) in [6.45, 7) is 4.46. The molecule has 5 nitrogen and oxygen atoms in total. The van der Waals surface area contributed by atoms with Crippen molar-refractivity contribution < 1.29 is 9.59 Å². The highest BCUT2D eigenvalue weighted by molar-refractivity contribution is 5.81. The molecule has 2 aliphatic heterocycles. The summed E-state index contributed by atoms with van der Waals surface area (Å²) in [6, 6.07) is 10.8. The van der Waals surface area contributed by atoms with Gasteiger partial charge in [0.1, 0.15) is 0 Å². The molecule has 2 heterocycles. The highest BCUT2D eigenvalue weighted by Crippen LogP contribution is 2.32. The minimum Gasteiger partial charge on any atom is -0.355 e. The maximum absolute atomic E-state index is 12.6. The molecular formula is C23H33N3O2. The zero-order valence-electron chi connectivity index (χ0n) is 16.8. The maximum Gasteiger partial charge on any atom is 0.225 e. The van der Waals surface area contributed by atoms with Crippen molar-refractivity contribution in [3.8, 4) is 0 Å². The lowest BCUT2D eigenvalue weighted by Gasteiger charge is -2.42. The Morgan fingerprint density at radius 3 is 2.39 bits per heavy atom. The van der Waals surface area contributed by atoms with Gasteiger partial charge in [0.15, 0.2) is 0 Å². The molecule has 1 aromatic carbocycles. The predicted octanol–water partition coefficient (Wildman–Crippen LogP) is 2.46. The first kappa shape index (κ1) is 19.4. The molecule has 1 unspecified atom stereocenters. The Labute approximate surface area is 168 Å². The molecule has 1 aliphatic carbocycles. The summed E-state index contributed by atoms with van der Waals surface area (Å²) < 4.78 is 0. The van der Waals surface area contributed by atoms with E-state index in [-0.39, 0.29) is 11.8 Å². The van der Waals surface area contributed by atoms with Crippen molar-refractivity contribution in [2.24, 2.45) is 11.8 Å². The van der Waals surface area contributed by atoms with Gasteiger partial charge in [0.05, 0.1) is 5.92 Å². The van der Waals surface area contributed by atoms with E-state index in [1.54, 1.807) is 0 Å². The third-order valence-electron chi connectivity index (χ3n) is 6.60. The topological polar surface area (TPSA) is 52.7 Å². The Morgan fingerprint density at radius 2 is 1.68 bits per heavy atom. The summed E-state index contributed by atoms with van der Waals surface area (Å²) in [5.41, 5.74) is 1.26. The number of nitrogens with one attached hydrogen (secondary N) is 1. The average Bonchev–Trinajstić information content (AvgIpc) is 3.60. The lowest BCUT2D eigenvalue weighted by atomic mass is 9.93. The fraction of sp³-hybridized carbons (Fsp3) is 0.652. The lowest BCUT2D eigenvalue weighted by molar-refractivity contribution is -0.134. The fourth-order valence-corrected chi connectivity index (χ4v) is 4.71. The normalized spacial score (nSPS) is 24.1. The van der Waals surface area contributed by atoms with Crippen molar-refractivity contribution in [1.29, 1.82) is 0 Å². The maximum atomic E-state index is 12.6. The number of benzene rings is 1. The minimum absolute atomic E-state index is 0.107. The SMILES string of the molecule is O=C(NCCc1ccccc1)C1CCCN(C2CCN(C(=O)C3CC3)CC2)C1. The Balaban J connectivity index is 1.20. The van der Waals surface area contributed by atoms with Crippen molar-refractivity contribution >= 4 is 11.8 Å². The van der Waals surface area contributed by atoms with Gasteiger partial charge in [0, 0.05) is 38.1 Å². The van der Waals surface area contributed by atoms with E-state index < -0.39 is 0 Å². The lowest BCUT2D eigenvalue weighted by Crippen LogP contribution is -2.51. The van der Waals surface area contributed by atoms with Crippen LogP contribution in [0.1, 0.15) is 44.1 Å². The fourth-order valence-electron chi connectivity index (χ4n) is 4.71. The van der Waals surface area contributed by atoms with Crippen molar-refractivity contribution in [2.45, 2.75) is 51.0 Å². The second-order valence-electron chi connectivity index (χ2n) is 8.69. The van der Waals surface area contributed by atoms with Crippen molar-refractivity contribution in [3.63, 3.8) is 0 Å². The first-order valence-electron chi connectivity index (χ1n) is 11.0. The molecule has 1 aromatic rings. The summed E-state index contributed by atoms with van der Waals surface area (Å²) in [4.78, 5) is 29.5. The number of rotatable bonds is 6. The van der Waals surface area contributed by atoms with Crippen LogP contribution < -0.4 is 5.32 Å². The van der Waals surface area contributed by atoms with E-state index in [2.05, 4.69) is 27.2 Å². The minimum atomic E-state index is 0.107. The van der Waals surface area contributed by atoms with E-state index in [1.807, 2.05) is 18.2 Å². The Morgan fingerprint density at radius 1 is 0.929 bits per heavy atom. The molecular weight excluding hydrogens is 350 g/mol. The Hall–Kier alpha value is -1.88. The number of hydrogen-bond donors (Lipinski definition) is 1. The number of likely N-dealkylation sites (tertiary alicyclic amines) is 2. The smallest absolute Gasteiger partial charge is 0.225 e. The third kappa shape index (κ3) is 4.93. The number of amides is 2. The number of hydrogen-bond acceptors (Lipinski definition) is 3. The second kappa shape index (κ2) is 9.08. The number of carbonyl (C=O) groups excluding carboxylic acids is 2. The first-order chi connectivity index (χ1) is 13.7. The monoisotopic (exact) mass is 383 g/mol. The van der Waals surface area contributed by atoms with Crippen LogP contribution in [0.2, 0.25) is 0 Å². The van der Waals surface area contributed by atoms with E-state index in [0.717, 1.165) is 71.1 Å². The molecule has 3 aliphatic rings.